The fourth-order valence-electron chi connectivity index (χ4n) is 2.52. The summed E-state index contributed by atoms with van der Waals surface area (Å²) < 4.78 is 0. The smallest absolute Gasteiger partial charge is 0.220 e. The first-order valence-corrected chi connectivity index (χ1v) is 7.11. The van der Waals surface area contributed by atoms with Crippen molar-refractivity contribution in [3.05, 3.63) is 0 Å². The Morgan fingerprint density at radius 3 is 2.82 bits per heavy atom. The van der Waals surface area contributed by atoms with Crippen LogP contribution in [0, 0.1) is 11.8 Å². The van der Waals surface area contributed by atoms with Crippen molar-refractivity contribution in [3.8, 4) is 0 Å². The molecule has 1 saturated heterocycles. The third-order valence-electron chi connectivity index (χ3n) is 3.73. The Balaban J connectivity index is 2.18. The summed E-state index contributed by atoms with van der Waals surface area (Å²) in [5.41, 5.74) is 0. The molecule has 3 atom stereocenters. The summed E-state index contributed by atoms with van der Waals surface area (Å²) in [7, 11) is 0. The fraction of sp³-hybridized carbons (Fsp3) is 0.929. The molecule has 0 aliphatic carbocycles. The predicted molar refractivity (Wildman–Crippen MR) is 71.9 cm³/mol. The van der Waals surface area contributed by atoms with E-state index in [0.717, 1.165) is 19.5 Å². The maximum atomic E-state index is 11.9. The van der Waals surface area contributed by atoms with Crippen LogP contribution in [0.3, 0.4) is 0 Å². The van der Waals surface area contributed by atoms with Crippen LogP contribution in [0.4, 0.5) is 0 Å². The minimum atomic E-state index is 0.231. The Morgan fingerprint density at radius 2 is 2.24 bits per heavy atom. The van der Waals surface area contributed by atoms with Gasteiger partial charge in [0.15, 0.2) is 0 Å². The summed E-state index contributed by atoms with van der Waals surface area (Å²) in [6, 6.07) is 0.314. The molecule has 1 aliphatic heterocycles. The van der Waals surface area contributed by atoms with Gasteiger partial charge in [-0.3, -0.25) is 4.79 Å². The SMILES string of the molecule is CCC(C)CC(C)NC(=O)CC1CCCNC1. The summed E-state index contributed by atoms with van der Waals surface area (Å²) in [5.74, 6) is 1.47. The quantitative estimate of drug-likeness (QED) is 0.748. The molecular formula is C14H28N2O. The van der Waals surface area contributed by atoms with Crippen LogP contribution in [-0.4, -0.2) is 25.0 Å². The van der Waals surface area contributed by atoms with Crippen LogP contribution < -0.4 is 10.6 Å². The van der Waals surface area contributed by atoms with Crippen LogP contribution in [0.2, 0.25) is 0 Å². The molecule has 1 heterocycles. The predicted octanol–water partition coefficient (Wildman–Crippen LogP) is 2.32. The topological polar surface area (TPSA) is 41.1 Å². The molecular weight excluding hydrogens is 212 g/mol. The number of hydrogen-bond acceptors (Lipinski definition) is 2. The molecule has 17 heavy (non-hydrogen) atoms. The molecule has 1 rings (SSSR count). The minimum Gasteiger partial charge on any atom is -0.354 e. The summed E-state index contributed by atoms with van der Waals surface area (Å²) in [5, 5.41) is 6.48. The van der Waals surface area contributed by atoms with Crippen molar-refractivity contribution in [2.75, 3.05) is 13.1 Å². The molecule has 1 aliphatic rings. The lowest BCUT2D eigenvalue weighted by Crippen LogP contribution is -2.38. The molecule has 0 aromatic rings. The third-order valence-corrected chi connectivity index (χ3v) is 3.73. The first-order chi connectivity index (χ1) is 8.11. The van der Waals surface area contributed by atoms with Crippen molar-refractivity contribution in [1.29, 1.82) is 0 Å². The van der Waals surface area contributed by atoms with Gasteiger partial charge in [-0.25, -0.2) is 0 Å². The Labute approximate surface area is 106 Å². The zero-order valence-corrected chi connectivity index (χ0v) is 11.6. The second-order valence-electron chi connectivity index (χ2n) is 5.63. The van der Waals surface area contributed by atoms with E-state index < -0.39 is 0 Å². The van der Waals surface area contributed by atoms with Crippen LogP contribution in [-0.2, 0) is 4.79 Å². The van der Waals surface area contributed by atoms with Crippen LogP contribution in [0.1, 0.15) is 52.9 Å². The van der Waals surface area contributed by atoms with Crippen LogP contribution in [0.15, 0.2) is 0 Å². The van der Waals surface area contributed by atoms with Crippen molar-refractivity contribution in [2.45, 2.75) is 58.9 Å². The van der Waals surface area contributed by atoms with Gasteiger partial charge < -0.3 is 10.6 Å². The molecule has 2 N–H and O–H groups in total. The second-order valence-corrected chi connectivity index (χ2v) is 5.63. The normalized spacial score (nSPS) is 24.1. The standard InChI is InChI=1S/C14H28N2O/c1-4-11(2)8-12(3)16-14(17)9-13-6-5-7-15-10-13/h11-13,15H,4-10H2,1-3H3,(H,16,17). The number of hydrogen-bond donors (Lipinski definition) is 2. The average molecular weight is 240 g/mol. The van der Waals surface area contributed by atoms with Crippen LogP contribution in [0.25, 0.3) is 0 Å². The maximum absolute atomic E-state index is 11.9. The largest absolute Gasteiger partial charge is 0.354 e. The van der Waals surface area contributed by atoms with Gasteiger partial charge in [-0.2, -0.15) is 0 Å². The number of carbonyl (C=O) groups is 1. The van der Waals surface area contributed by atoms with E-state index in [4.69, 9.17) is 0 Å². The van der Waals surface area contributed by atoms with Gasteiger partial charge in [0.05, 0.1) is 0 Å². The lowest BCUT2D eigenvalue weighted by molar-refractivity contribution is -0.122. The van der Waals surface area contributed by atoms with E-state index in [9.17, 15) is 4.79 Å². The minimum absolute atomic E-state index is 0.231. The molecule has 100 valence electrons. The van der Waals surface area contributed by atoms with Gasteiger partial charge >= 0.3 is 0 Å². The van der Waals surface area contributed by atoms with Crippen molar-refractivity contribution < 1.29 is 4.79 Å². The molecule has 1 fully saturated rings. The van der Waals surface area contributed by atoms with E-state index in [1.54, 1.807) is 0 Å². The molecule has 0 aromatic carbocycles. The van der Waals surface area contributed by atoms with E-state index in [0.29, 0.717) is 24.3 Å². The summed E-state index contributed by atoms with van der Waals surface area (Å²) in [4.78, 5) is 11.9. The molecule has 0 spiro atoms. The zero-order valence-electron chi connectivity index (χ0n) is 11.6. The van der Waals surface area contributed by atoms with Gasteiger partial charge in [0.25, 0.3) is 0 Å². The Kier molecular flexibility index (Phi) is 6.56. The van der Waals surface area contributed by atoms with E-state index in [1.165, 1.54) is 19.3 Å². The van der Waals surface area contributed by atoms with E-state index >= 15 is 0 Å². The molecule has 3 unspecified atom stereocenters. The molecule has 3 heteroatoms. The summed E-state index contributed by atoms with van der Waals surface area (Å²) in [6.45, 7) is 8.68. The number of rotatable bonds is 6. The average Bonchev–Trinajstić information content (AvgIpc) is 2.29. The highest BCUT2D eigenvalue weighted by atomic mass is 16.1. The van der Waals surface area contributed by atoms with Crippen molar-refractivity contribution >= 4 is 5.91 Å². The Bertz CT molecular complexity index is 224. The summed E-state index contributed by atoms with van der Waals surface area (Å²) in [6.07, 6.45) is 5.37. The Morgan fingerprint density at radius 1 is 1.47 bits per heavy atom. The number of carbonyl (C=O) groups excluding carboxylic acids is 1. The van der Waals surface area contributed by atoms with Crippen LogP contribution in [0.5, 0.6) is 0 Å². The Hall–Kier alpha value is -0.570. The molecule has 0 aromatic heterocycles. The fourth-order valence-corrected chi connectivity index (χ4v) is 2.52. The molecule has 3 nitrogen and oxygen atoms in total. The molecule has 1 amide bonds. The van der Waals surface area contributed by atoms with E-state index in [-0.39, 0.29) is 5.91 Å². The first kappa shape index (κ1) is 14.5. The van der Waals surface area contributed by atoms with Crippen molar-refractivity contribution in [3.63, 3.8) is 0 Å². The molecule has 0 bridgehead atoms. The highest BCUT2D eigenvalue weighted by Gasteiger charge is 2.18. The van der Waals surface area contributed by atoms with E-state index in [2.05, 4.69) is 31.4 Å². The highest BCUT2D eigenvalue weighted by Crippen LogP contribution is 2.14. The number of nitrogens with one attached hydrogen (secondary N) is 2. The van der Waals surface area contributed by atoms with E-state index in [1.807, 2.05) is 0 Å². The summed E-state index contributed by atoms with van der Waals surface area (Å²) >= 11 is 0. The lowest BCUT2D eigenvalue weighted by atomic mass is 9.95. The molecule has 0 radical (unpaired) electrons. The van der Waals surface area contributed by atoms with Gasteiger partial charge in [-0.15, -0.1) is 0 Å². The monoisotopic (exact) mass is 240 g/mol. The number of piperidine rings is 1. The second kappa shape index (κ2) is 7.70. The van der Waals surface area contributed by atoms with Gasteiger partial charge in [0.1, 0.15) is 0 Å². The van der Waals surface area contributed by atoms with Gasteiger partial charge in [-0.1, -0.05) is 20.3 Å². The highest BCUT2D eigenvalue weighted by molar-refractivity contribution is 5.76. The maximum Gasteiger partial charge on any atom is 0.220 e. The van der Waals surface area contributed by atoms with Gasteiger partial charge in [0.2, 0.25) is 5.91 Å². The zero-order chi connectivity index (χ0) is 12.7. The van der Waals surface area contributed by atoms with Crippen LogP contribution >= 0.6 is 0 Å². The third kappa shape index (κ3) is 6.06. The first-order valence-electron chi connectivity index (χ1n) is 7.11. The molecule has 0 saturated carbocycles. The lowest BCUT2D eigenvalue weighted by Gasteiger charge is -2.23. The van der Waals surface area contributed by atoms with Gasteiger partial charge in [0, 0.05) is 12.5 Å². The van der Waals surface area contributed by atoms with Crippen molar-refractivity contribution in [1.82, 2.24) is 10.6 Å². The van der Waals surface area contributed by atoms with Gasteiger partial charge in [-0.05, 0) is 51.1 Å². The van der Waals surface area contributed by atoms with Crippen molar-refractivity contribution in [2.24, 2.45) is 11.8 Å². The number of amides is 1.